The minimum Gasteiger partial charge on any atom is -0.350 e. The van der Waals surface area contributed by atoms with Crippen LogP contribution in [0.5, 0.6) is 0 Å². The zero-order valence-electron chi connectivity index (χ0n) is 16.6. The van der Waals surface area contributed by atoms with Crippen LogP contribution in [0.15, 0.2) is 30.3 Å². The van der Waals surface area contributed by atoms with Crippen LogP contribution in [0.3, 0.4) is 0 Å². The third kappa shape index (κ3) is 4.81. The number of aryl methyl sites for hydroxylation is 1. The summed E-state index contributed by atoms with van der Waals surface area (Å²) in [4.78, 5) is 26.0. The van der Waals surface area contributed by atoms with E-state index in [2.05, 4.69) is 18.8 Å². The predicted octanol–water partition coefficient (Wildman–Crippen LogP) is 3.85. The largest absolute Gasteiger partial charge is 0.350 e. The van der Waals surface area contributed by atoms with Crippen LogP contribution in [0, 0.1) is 13.8 Å². The number of benzene rings is 1. The number of likely N-dealkylation sites (N-methyl/N-ethyl adjacent to an activating group) is 1. The molecule has 2 aromatic rings. The Labute approximate surface area is 157 Å². The molecule has 0 spiro atoms. The van der Waals surface area contributed by atoms with E-state index in [1.807, 2.05) is 61.0 Å². The molecular formula is C21H30N4O. The van der Waals surface area contributed by atoms with E-state index in [4.69, 9.17) is 4.98 Å². The Bertz CT molecular complexity index is 724. The molecule has 0 fully saturated rings. The lowest BCUT2D eigenvalue weighted by atomic mass is 10.2. The van der Waals surface area contributed by atoms with Gasteiger partial charge in [0.15, 0.2) is 5.82 Å². The second-order valence-electron chi connectivity index (χ2n) is 6.68. The molecule has 26 heavy (non-hydrogen) atoms. The molecule has 0 bridgehead atoms. The lowest BCUT2D eigenvalue weighted by molar-refractivity contribution is -0.129. The van der Waals surface area contributed by atoms with Crippen molar-refractivity contribution in [1.82, 2.24) is 14.9 Å². The average Bonchev–Trinajstić information content (AvgIpc) is 2.64. The maximum Gasteiger partial charge on any atom is 0.242 e. The number of hydrogen-bond donors (Lipinski definition) is 0. The third-order valence-electron chi connectivity index (χ3n) is 4.47. The first-order valence-corrected chi connectivity index (χ1v) is 9.37. The zero-order chi connectivity index (χ0) is 19.1. The predicted molar refractivity (Wildman–Crippen MR) is 107 cm³/mol. The SMILES string of the molecule is CCCN(CCC)C(=O)CN(C)c1nc(-c2ccccc2)nc(C)c1C. The monoisotopic (exact) mass is 354 g/mol. The van der Waals surface area contributed by atoms with Gasteiger partial charge in [0, 0.05) is 37.0 Å². The van der Waals surface area contributed by atoms with Crippen molar-refractivity contribution in [1.29, 1.82) is 0 Å². The van der Waals surface area contributed by atoms with Crippen molar-refractivity contribution in [2.45, 2.75) is 40.5 Å². The van der Waals surface area contributed by atoms with Crippen LogP contribution in [0.4, 0.5) is 5.82 Å². The summed E-state index contributed by atoms with van der Waals surface area (Å²) >= 11 is 0. The zero-order valence-corrected chi connectivity index (χ0v) is 16.6. The number of carbonyl (C=O) groups excluding carboxylic acids is 1. The first-order valence-electron chi connectivity index (χ1n) is 9.37. The van der Waals surface area contributed by atoms with Gasteiger partial charge in [-0.05, 0) is 26.7 Å². The number of rotatable bonds is 8. The number of carbonyl (C=O) groups is 1. The normalized spacial score (nSPS) is 10.7. The van der Waals surface area contributed by atoms with Crippen molar-refractivity contribution >= 4 is 11.7 Å². The molecule has 0 radical (unpaired) electrons. The molecule has 0 N–H and O–H groups in total. The van der Waals surface area contributed by atoms with E-state index in [0.717, 1.165) is 48.6 Å². The number of amides is 1. The third-order valence-corrected chi connectivity index (χ3v) is 4.47. The van der Waals surface area contributed by atoms with Gasteiger partial charge in [-0.25, -0.2) is 9.97 Å². The lowest BCUT2D eigenvalue weighted by Crippen LogP contribution is -2.40. The molecule has 0 saturated heterocycles. The molecule has 5 nitrogen and oxygen atoms in total. The van der Waals surface area contributed by atoms with Gasteiger partial charge in [-0.3, -0.25) is 4.79 Å². The Kier molecular flexibility index (Phi) is 7.13. The molecule has 2 rings (SSSR count). The van der Waals surface area contributed by atoms with E-state index in [9.17, 15) is 4.79 Å². The van der Waals surface area contributed by atoms with Crippen molar-refractivity contribution in [3.05, 3.63) is 41.6 Å². The van der Waals surface area contributed by atoms with Gasteiger partial charge < -0.3 is 9.80 Å². The lowest BCUT2D eigenvalue weighted by Gasteiger charge is -2.26. The molecule has 140 valence electrons. The smallest absolute Gasteiger partial charge is 0.242 e. The fourth-order valence-corrected chi connectivity index (χ4v) is 2.98. The number of nitrogens with zero attached hydrogens (tertiary/aromatic N) is 4. The molecule has 1 aromatic heterocycles. The summed E-state index contributed by atoms with van der Waals surface area (Å²) in [6.45, 7) is 10.1. The van der Waals surface area contributed by atoms with Gasteiger partial charge in [0.05, 0.1) is 6.54 Å². The van der Waals surface area contributed by atoms with Gasteiger partial charge in [0.1, 0.15) is 5.82 Å². The second kappa shape index (κ2) is 9.32. The van der Waals surface area contributed by atoms with Crippen LogP contribution in [0.1, 0.15) is 37.9 Å². The highest BCUT2D eigenvalue weighted by Crippen LogP contribution is 2.23. The van der Waals surface area contributed by atoms with Gasteiger partial charge in [0.25, 0.3) is 0 Å². The standard InChI is InChI=1S/C21H30N4O/c1-6-13-25(14-7-2)19(26)15-24(5)21-16(3)17(4)22-20(23-21)18-11-9-8-10-12-18/h8-12H,6-7,13-15H2,1-5H3. The summed E-state index contributed by atoms with van der Waals surface area (Å²) in [6.07, 6.45) is 1.94. The van der Waals surface area contributed by atoms with Gasteiger partial charge in [0.2, 0.25) is 5.91 Å². The molecule has 0 unspecified atom stereocenters. The van der Waals surface area contributed by atoms with Gasteiger partial charge in [-0.15, -0.1) is 0 Å². The second-order valence-corrected chi connectivity index (χ2v) is 6.68. The fraction of sp³-hybridized carbons (Fsp3) is 0.476. The maximum atomic E-state index is 12.7. The maximum absolute atomic E-state index is 12.7. The molecule has 0 aliphatic rings. The summed E-state index contributed by atoms with van der Waals surface area (Å²) in [5, 5.41) is 0. The van der Waals surface area contributed by atoms with Crippen LogP contribution < -0.4 is 4.90 Å². The van der Waals surface area contributed by atoms with Gasteiger partial charge >= 0.3 is 0 Å². The van der Waals surface area contributed by atoms with E-state index < -0.39 is 0 Å². The van der Waals surface area contributed by atoms with Gasteiger partial charge in [-0.1, -0.05) is 44.2 Å². The molecule has 1 aromatic carbocycles. The molecule has 0 saturated carbocycles. The number of hydrogen-bond acceptors (Lipinski definition) is 4. The fourth-order valence-electron chi connectivity index (χ4n) is 2.98. The van der Waals surface area contributed by atoms with Gasteiger partial charge in [-0.2, -0.15) is 0 Å². The summed E-state index contributed by atoms with van der Waals surface area (Å²) in [5.41, 5.74) is 2.93. The molecular weight excluding hydrogens is 324 g/mol. The van der Waals surface area contributed by atoms with E-state index in [-0.39, 0.29) is 5.91 Å². The summed E-state index contributed by atoms with van der Waals surface area (Å²) in [5.74, 6) is 1.66. The molecule has 1 amide bonds. The van der Waals surface area contributed by atoms with Crippen molar-refractivity contribution in [3.63, 3.8) is 0 Å². The van der Waals surface area contributed by atoms with Crippen molar-refractivity contribution in [2.24, 2.45) is 0 Å². The first kappa shape index (κ1) is 19.9. The summed E-state index contributed by atoms with van der Waals surface area (Å²) in [7, 11) is 1.93. The Hall–Kier alpha value is -2.43. The van der Waals surface area contributed by atoms with E-state index >= 15 is 0 Å². The molecule has 1 heterocycles. The van der Waals surface area contributed by atoms with E-state index in [1.54, 1.807) is 0 Å². The Morgan fingerprint density at radius 2 is 1.62 bits per heavy atom. The molecule has 5 heteroatoms. The summed E-state index contributed by atoms with van der Waals surface area (Å²) < 4.78 is 0. The highest BCUT2D eigenvalue weighted by molar-refractivity contribution is 5.81. The topological polar surface area (TPSA) is 49.3 Å². The van der Waals surface area contributed by atoms with Crippen LogP contribution in [0.2, 0.25) is 0 Å². The minimum atomic E-state index is 0.146. The van der Waals surface area contributed by atoms with Crippen LogP contribution in [0.25, 0.3) is 11.4 Å². The Balaban J connectivity index is 2.26. The molecule has 0 atom stereocenters. The van der Waals surface area contributed by atoms with Crippen molar-refractivity contribution < 1.29 is 4.79 Å². The van der Waals surface area contributed by atoms with E-state index in [0.29, 0.717) is 12.4 Å². The number of aromatic nitrogens is 2. The van der Waals surface area contributed by atoms with Crippen LogP contribution in [-0.4, -0.2) is 47.5 Å². The minimum absolute atomic E-state index is 0.146. The van der Waals surface area contributed by atoms with E-state index in [1.165, 1.54) is 0 Å². The molecule has 0 aliphatic heterocycles. The van der Waals surface area contributed by atoms with Crippen LogP contribution >= 0.6 is 0 Å². The average molecular weight is 354 g/mol. The Morgan fingerprint density at radius 1 is 1.00 bits per heavy atom. The Morgan fingerprint density at radius 3 is 2.19 bits per heavy atom. The number of anilines is 1. The first-order chi connectivity index (χ1) is 12.5. The van der Waals surface area contributed by atoms with Crippen molar-refractivity contribution in [3.8, 4) is 11.4 Å². The van der Waals surface area contributed by atoms with Crippen LogP contribution in [-0.2, 0) is 4.79 Å². The highest BCUT2D eigenvalue weighted by Gasteiger charge is 2.18. The summed E-state index contributed by atoms with van der Waals surface area (Å²) in [6, 6.07) is 9.95. The van der Waals surface area contributed by atoms with Crippen molar-refractivity contribution in [2.75, 3.05) is 31.6 Å². The highest BCUT2D eigenvalue weighted by atomic mass is 16.2. The molecule has 0 aliphatic carbocycles. The quantitative estimate of drug-likeness (QED) is 0.722.